The number of nitrogens with zero attached hydrogens (tertiary/aromatic N) is 4. The Morgan fingerprint density at radius 2 is 1.93 bits per heavy atom. The molecule has 2 aromatic heterocycles. The molecule has 1 fully saturated rings. The van der Waals surface area contributed by atoms with Gasteiger partial charge in [0.05, 0.1) is 11.7 Å². The molecular formula is C21H21FN4O. The summed E-state index contributed by atoms with van der Waals surface area (Å²) in [6, 6.07) is 11.8. The highest BCUT2D eigenvalue weighted by Gasteiger charge is 2.28. The molecule has 0 bridgehead atoms. The van der Waals surface area contributed by atoms with Crippen molar-refractivity contribution in [2.75, 3.05) is 6.54 Å². The number of benzene rings is 1. The molecule has 1 aliphatic heterocycles. The van der Waals surface area contributed by atoms with Gasteiger partial charge in [-0.2, -0.15) is 5.10 Å². The van der Waals surface area contributed by atoms with Gasteiger partial charge in [0, 0.05) is 25.1 Å². The molecule has 5 nitrogen and oxygen atoms in total. The highest BCUT2D eigenvalue weighted by atomic mass is 19.1. The Bertz CT molecular complexity index is 925. The van der Waals surface area contributed by atoms with Gasteiger partial charge in [-0.25, -0.2) is 9.07 Å². The van der Waals surface area contributed by atoms with Crippen LogP contribution in [-0.2, 0) is 0 Å². The van der Waals surface area contributed by atoms with E-state index in [-0.39, 0.29) is 17.8 Å². The first-order valence-corrected chi connectivity index (χ1v) is 9.25. The van der Waals surface area contributed by atoms with Crippen molar-refractivity contribution in [3.05, 3.63) is 78.1 Å². The third-order valence-electron chi connectivity index (χ3n) is 4.99. The van der Waals surface area contributed by atoms with Crippen LogP contribution in [0.25, 0.3) is 5.69 Å². The molecule has 1 aromatic carbocycles. The minimum atomic E-state index is -0.332. The van der Waals surface area contributed by atoms with Gasteiger partial charge in [0.25, 0.3) is 5.91 Å². The molecule has 1 amide bonds. The molecule has 0 saturated carbocycles. The molecule has 27 heavy (non-hydrogen) atoms. The fourth-order valence-corrected chi connectivity index (χ4v) is 3.63. The van der Waals surface area contributed by atoms with Gasteiger partial charge in [0.2, 0.25) is 0 Å². The van der Waals surface area contributed by atoms with Gasteiger partial charge >= 0.3 is 0 Å². The van der Waals surface area contributed by atoms with E-state index < -0.39 is 0 Å². The normalized spacial score (nSPS) is 17.5. The second-order valence-electron chi connectivity index (χ2n) is 6.77. The van der Waals surface area contributed by atoms with Gasteiger partial charge in [-0.1, -0.05) is 18.9 Å². The van der Waals surface area contributed by atoms with E-state index >= 15 is 0 Å². The van der Waals surface area contributed by atoms with E-state index in [9.17, 15) is 9.18 Å². The van der Waals surface area contributed by atoms with Crippen molar-refractivity contribution in [3.8, 4) is 5.69 Å². The summed E-state index contributed by atoms with van der Waals surface area (Å²) in [7, 11) is 0. The van der Waals surface area contributed by atoms with Crippen molar-refractivity contribution in [1.29, 1.82) is 0 Å². The van der Waals surface area contributed by atoms with E-state index in [2.05, 4.69) is 10.1 Å². The quantitative estimate of drug-likeness (QED) is 0.701. The van der Waals surface area contributed by atoms with Crippen LogP contribution in [0.15, 0.2) is 61.1 Å². The topological polar surface area (TPSA) is 51.0 Å². The summed E-state index contributed by atoms with van der Waals surface area (Å²) in [4.78, 5) is 19.2. The lowest BCUT2D eigenvalue weighted by atomic mass is 10.0. The molecule has 3 heterocycles. The minimum absolute atomic E-state index is 0.0299. The molecule has 138 valence electrons. The Hall–Kier alpha value is -3.02. The molecular weight excluding hydrogens is 343 g/mol. The molecule has 1 atom stereocenters. The molecule has 6 heteroatoms. The first-order chi connectivity index (χ1) is 13.2. The summed E-state index contributed by atoms with van der Waals surface area (Å²) in [6.45, 7) is 0.707. The number of rotatable bonds is 3. The maximum Gasteiger partial charge on any atom is 0.274 e. The third kappa shape index (κ3) is 3.74. The molecule has 3 aromatic rings. The zero-order chi connectivity index (χ0) is 18.6. The molecule has 0 radical (unpaired) electrons. The average molecular weight is 364 g/mol. The van der Waals surface area contributed by atoms with E-state index in [1.807, 2.05) is 17.0 Å². The Balaban J connectivity index is 1.62. The molecule has 1 aliphatic rings. The van der Waals surface area contributed by atoms with Gasteiger partial charge in [-0.05, 0) is 54.8 Å². The van der Waals surface area contributed by atoms with Crippen LogP contribution >= 0.6 is 0 Å². The largest absolute Gasteiger partial charge is 0.330 e. The summed E-state index contributed by atoms with van der Waals surface area (Å²) in [5, 5.41) is 4.40. The maximum atomic E-state index is 13.5. The van der Waals surface area contributed by atoms with Crippen LogP contribution in [0.1, 0.15) is 47.8 Å². The van der Waals surface area contributed by atoms with Gasteiger partial charge in [-0.3, -0.25) is 9.78 Å². The van der Waals surface area contributed by atoms with Crippen LogP contribution in [0.2, 0.25) is 0 Å². The van der Waals surface area contributed by atoms with Gasteiger partial charge < -0.3 is 4.90 Å². The Morgan fingerprint density at radius 1 is 1.07 bits per heavy atom. The second kappa shape index (κ2) is 7.70. The van der Waals surface area contributed by atoms with E-state index in [1.54, 1.807) is 36.8 Å². The number of likely N-dealkylation sites (tertiary alicyclic amines) is 1. The molecule has 1 unspecified atom stereocenters. The SMILES string of the molecule is O=C(c1ccn(-c2cccc(F)c2)n1)N1CCCCCC1c1ccncc1. The van der Waals surface area contributed by atoms with E-state index in [0.717, 1.165) is 31.2 Å². The third-order valence-corrected chi connectivity index (χ3v) is 4.99. The van der Waals surface area contributed by atoms with Crippen molar-refractivity contribution in [1.82, 2.24) is 19.7 Å². The lowest BCUT2D eigenvalue weighted by molar-refractivity contribution is 0.0674. The lowest BCUT2D eigenvalue weighted by Crippen LogP contribution is -2.35. The van der Waals surface area contributed by atoms with Gasteiger partial charge in [-0.15, -0.1) is 0 Å². The van der Waals surface area contributed by atoms with Crippen LogP contribution in [0.4, 0.5) is 4.39 Å². The number of carbonyl (C=O) groups excluding carboxylic acids is 1. The number of pyridine rings is 1. The van der Waals surface area contributed by atoms with Gasteiger partial charge in [0.15, 0.2) is 5.69 Å². The van der Waals surface area contributed by atoms with Crippen molar-refractivity contribution in [2.45, 2.75) is 31.7 Å². The number of carbonyl (C=O) groups is 1. The van der Waals surface area contributed by atoms with Crippen molar-refractivity contribution >= 4 is 5.91 Å². The molecule has 1 saturated heterocycles. The molecule has 0 N–H and O–H groups in total. The van der Waals surface area contributed by atoms with Crippen molar-refractivity contribution in [2.24, 2.45) is 0 Å². The van der Waals surface area contributed by atoms with Crippen LogP contribution < -0.4 is 0 Å². The van der Waals surface area contributed by atoms with Crippen LogP contribution in [0.5, 0.6) is 0 Å². The van der Waals surface area contributed by atoms with Crippen LogP contribution in [-0.4, -0.2) is 32.1 Å². The first kappa shape index (κ1) is 17.4. The first-order valence-electron chi connectivity index (χ1n) is 9.25. The number of amides is 1. The van der Waals surface area contributed by atoms with Gasteiger partial charge in [0.1, 0.15) is 5.82 Å². The summed E-state index contributed by atoms with van der Waals surface area (Å²) in [5.41, 5.74) is 2.07. The number of aromatic nitrogens is 3. The number of hydrogen-bond acceptors (Lipinski definition) is 3. The predicted octanol–water partition coefficient (Wildman–Crippen LogP) is 4.16. The Morgan fingerprint density at radius 3 is 2.74 bits per heavy atom. The molecule has 4 rings (SSSR count). The lowest BCUT2D eigenvalue weighted by Gasteiger charge is -2.29. The smallest absolute Gasteiger partial charge is 0.274 e. The summed E-state index contributed by atoms with van der Waals surface area (Å²) in [5.74, 6) is -0.421. The van der Waals surface area contributed by atoms with Crippen LogP contribution in [0, 0.1) is 5.82 Å². The summed E-state index contributed by atoms with van der Waals surface area (Å²) < 4.78 is 15.0. The predicted molar refractivity (Wildman–Crippen MR) is 100 cm³/mol. The number of hydrogen-bond donors (Lipinski definition) is 0. The highest BCUT2D eigenvalue weighted by Crippen LogP contribution is 2.31. The number of halogens is 1. The zero-order valence-corrected chi connectivity index (χ0v) is 15.0. The van der Waals surface area contributed by atoms with E-state index in [1.165, 1.54) is 16.8 Å². The standard InChI is InChI=1S/C21H21FN4O/c22-17-5-4-6-18(15-17)26-14-10-19(24-26)21(27)25-13-3-1-2-7-20(25)16-8-11-23-12-9-16/h4-6,8-12,14-15,20H,1-3,7,13H2. The Kier molecular flexibility index (Phi) is 4.96. The van der Waals surface area contributed by atoms with E-state index in [0.29, 0.717) is 17.9 Å². The molecule has 0 aliphatic carbocycles. The monoisotopic (exact) mass is 364 g/mol. The second-order valence-corrected chi connectivity index (χ2v) is 6.77. The highest BCUT2D eigenvalue weighted by molar-refractivity contribution is 5.92. The Labute approximate surface area is 157 Å². The van der Waals surface area contributed by atoms with E-state index in [4.69, 9.17) is 0 Å². The fraction of sp³-hybridized carbons (Fsp3) is 0.286. The summed E-state index contributed by atoms with van der Waals surface area (Å²) in [6.07, 6.45) is 9.35. The van der Waals surface area contributed by atoms with Crippen LogP contribution in [0.3, 0.4) is 0 Å². The maximum absolute atomic E-state index is 13.5. The summed E-state index contributed by atoms with van der Waals surface area (Å²) >= 11 is 0. The molecule has 0 spiro atoms. The average Bonchev–Trinajstić information content (AvgIpc) is 3.06. The fourth-order valence-electron chi connectivity index (χ4n) is 3.63. The zero-order valence-electron chi connectivity index (χ0n) is 15.0. The van der Waals surface area contributed by atoms with Crippen molar-refractivity contribution < 1.29 is 9.18 Å². The van der Waals surface area contributed by atoms with Crippen molar-refractivity contribution in [3.63, 3.8) is 0 Å². The minimum Gasteiger partial charge on any atom is -0.330 e.